The van der Waals surface area contributed by atoms with Crippen molar-refractivity contribution in [2.75, 3.05) is 13.2 Å². The van der Waals surface area contributed by atoms with E-state index in [0.717, 1.165) is 10.2 Å². The smallest absolute Gasteiger partial charge is 0.125 e. The molecule has 0 aliphatic carbocycles. The zero-order chi connectivity index (χ0) is 15.2. The molecule has 3 nitrogen and oxygen atoms in total. The maximum atomic E-state index is 9.72. The Morgan fingerprint density at radius 3 is 2.43 bits per heavy atom. The van der Waals surface area contributed by atoms with Crippen molar-refractivity contribution < 1.29 is 14.6 Å². The van der Waals surface area contributed by atoms with Gasteiger partial charge in [0.1, 0.15) is 24.7 Å². The summed E-state index contributed by atoms with van der Waals surface area (Å²) in [5, 5.41) is 10.3. The van der Waals surface area contributed by atoms with Crippen molar-refractivity contribution in [2.24, 2.45) is 0 Å². The van der Waals surface area contributed by atoms with Gasteiger partial charge < -0.3 is 14.6 Å². The van der Waals surface area contributed by atoms with E-state index in [2.05, 4.69) is 15.9 Å². The van der Waals surface area contributed by atoms with Crippen LogP contribution in [0.25, 0.3) is 0 Å². The van der Waals surface area contributed by atoms with Gasteiger partial charge in [0.2, 0.25) is 0 Å². The van der Waals surface area contributed by atoms with Gasteiger partial charge >= 0.3 is 0 Å². The third kappa shape index (κ3) is 4.92. The van der Waals surface area contributed by atoms with Crippen LogP contribution in [0.5, 0.6) is 11.5 Å². The summed E-state index contributed by atoms with van der Waals surface area (Å²) in [5.74, 6) is 1.41. The molecule has 0 saturated heterocycles. The second kappa shape index (κ2) is 7.69. The standard InChI is InChI=1S/C16H16BrClO3/c1-11(19)15-10-13(18)4-7-16(15)21-9-8-20-14-5-2-12(17)3-6-14/h2-7,10-11,19H,8-9H2,1H3/t11-/m0/s1. The predicted molar refractivity (Wildman–Crippen MR) is 87.2 cm³/mol. The van der Waals surface area contributed by atoms with Crippen LogP contribution in [-0.4, -0.2) is 18.3 Å². The highest BCUT2D eigenvalue weighted by Crippen LogP contribution is 2.28. The molecule has 0 saturated carbocycles. The molecule has 0 aromatic heterocycles. The second-order valence-electron chi connectivity index (χ2n) is 4.51. The fraction of sp³-hybridized carbons (Fsp3) is 0.250. The normalized spacial score (nSPS) is 12.0. The minimum Gasteiger partial charge on any atom is -0.490 e. The van der Waals surface area contributed by atoms with Gasteiger partial charge in [0, 0.05) is 15.1 Å². The Hall–Kier alpha value is -1.23. The Morgan fingerprint density at radius 1 is 1.10 bits per heavy atom. The van der Waals surface area contributed by atoms with Crippen LogP contribution in [0.15, 0.2) is 46.9 Å². The Balaban J connectivity index is 1.87. The van der Waals surface area contributed by atoms with E-state index < -0.39 is 6.10 Å². The maximum absolute atomic E-state index is 9.72. The molecule has 0 unspecified atom stereocenters. The van der Waals surface area contributed by atoms with Crippen molar-refractivity contribution in [3.63, 3.8) is 0 Å². The first-order valence-electron chi connectivity index (χ1n) is 6.55. The number of aliphatic hydroxyl groups excluding tert-OH is 1. The van der Waals surface area contributed by atoms with Crippen molar-refractivity contribution in [1.29, 1.82) is 0 Å². The molecule has 0 aliphatic heterocycles. The Bertz CT molecular complexity index is 585. The van der Waals surface area contributed by atoms with Gasteiger partial charge in [-0.2, -0.15) is 0 Å². The zero-order valence-corrected chi connectivity index (χ0v) is 13.9. The summed E-state index contributed by atoms with van der Waals surface area (Å²) in [7, 11) is 0. The lowest BCUT2D eigenvalue weighted by atomic mass is 10.1. The number of halogens is 2. The van der Waals surface area contributed by atoms with Crippen LogP contribution in [0.1, 0.15) is 18.6 Å². The van der Waals surface area contributed by atoms with Crippen molar-refractivity contribution in [3.8, 4) is 11.5 Å². The second-order valence-corrected chi connectivity index (χ2v) is 5.86. The van der Waals surface area contributed by atoms with Gasteiger partial charge in [-0.1, -0.05) is 27.5 Å². The first kappa shape index (κ1) is 16.1. The average Bonchev–Trinajstić information content (AvgIpc) is 2.46. The van der Waals surface area contributed by atoms with E-state index in [4.69, 9.17) is 21.1 Å². The van der Waals surface area contributed by atoms with Crippen LogP contribution < -0.4 is 9.47 Å². The van der Waals surface area contributed by atoms with E-state index in [1.54, 1.807) is 25.1 Å². The van der Waals surface area contributed by atoms with Crippen LogP contribution in [0, 0.1) is 0 Å². The van der Waals surface area contributed by atoms with Gasteiger partial charge in [-0.15, -0.1) is 0 Å². The van der Waals surface area contributed by atoms with Crippen LogP contribution in [-0.2, 0) is 0 Å². The summed E-state index contributed by atoms with van der Waals surface area (Å²) < 4.78 is 12.2. The Labute approximate surface area is 137 Å². The number of hydrogen-bond donors (Lipinski definition) is 1. The lowest BCUT2D eigenvalue weighted by Crippen LogP contribution is -2.10. The molecular formula is C16H16BrClO3. The third-order valence-corrected chi connectivity index (χ3v) is 3.61. The molecule has 5 heteroatoms. The summed E-state index contributed by atoms with van der Waals surface area (Å²) in [6.45, 7) is 2.48. The molecule has 0 amide bonds. The molecule has 0 radical (unpaired) electrons. The highest BCUT2D eigenvalue weighted by molar-refractivity contribution is 9.10. The number of hydrogen-bond acceptors (Lipinski definition) is 3. The minimum absolute atomic E-state index is 0.386. The number of benzene rings is 2. The summed E-state index contributed by atoms with van der Waals surface area (Å²) in [4.78, 5) is 0. The first-order chi connectivity index (χ1) is 10.1. The number of aliphatic hydroxyl groups is 1. The average molecular weight is 372 g/mol. The maximum Gasteiger partial charge on any atom is 0.125 e. The molecule has 0 fully saturated rings. The fourth-order valence-electron chi connectivity index (χ4n) is 1.82. The van der Waals surface area contributed by atoms with Gasteiger partial charge in [-0.3, -0.25) is 0 Å². The molecule has 1 N–H and O–H groups in total. The molecule has 112 valence electrons. The molecular weight excluding hydrogens is 356 g/mol. The Morgan fingerprint density at radius 2 is 1.76 bits per heavy atom. The quantitative estimate of drug-likeness (QED) is 0.753. The van der Waals surface area contributed by atoms with Gasteiger partial charge in [0.15, 0.2) is 0 Å². The third-order valence-electron chi connectivity index (χ3n) is 2.85. The molecule has 2 aromatic carbocycles. The van der Waals surface area contributed by atoms with Crippen molar-refractivity contribution in [2.45, 2.75) is 13.0 Å². The van der Waals surface area contributed by atoms with Crippen molar-refractivity contribution in [3.05, 3.63) is 57.5 Å². The molecule has 2 aromatic rings. The molecule has 0 bridgehead atoms. The largest absolute Gasteiger partial charge is 0.490 e. The number of rotatable bonds is 6. The predicted octanol–water partition coefficient (Wildman–Crippen LogP) is 4.61. The molecule has 2 rings (SSSR count). The number of ether oxygens (including phenoxy) is 2. The zero-order valence-electron chi connectivity index (χ0n) is 11.6. The Kier molecular flexibility index (Phi) is 5.91. The van der Waals surface area contributed by atoms with Crippen molar-refractivity contribution >= 4 is 27.5 Å². The lowest BCUT2D eigenvalue weighted by Gasteiger charge is -2.14. The van der Waals surface area contributed by atoms with Crippen LogP contribution in [0.4, 0.5) is 0 Å². The molecule has 21 heavy (non-hydrogen) atoms. The van der Waals surface area contributed by atoms with E-state index in [-0.39, 0.29) is 0 Å². The minimum atomic E-state index is -0.633. The van der Waals surface area contributed by atoms with Crippen molar-refractivity contribution in [1.82, 2.24) is 0 Å². The van der Waals surface area contributed by atoms with Crippen LogP contribution >= 0.6 is 27.5 Å². The van der Waals surface area contributed by atoms with E-state index >= 15 is 0 Å². The molecule has 0 spiro atoms. The van der Waals surface area contributed by atoms with Gasteiger partial charge in [-0.25, -0.2) is 0 Å². The summed E-state index contributed by atoms with van der Waals surface area (Å²) in [5.41, 5.74) is 0.672. The summed E-state index contributed by atoms with van der Waals surface area (Å²) in [6, 6.07) is 12.8. The molecule has 0 heterocycles. The first-order valence-corrected chi connectivity index (χ1v) is 7.72. The molecule has 0 aliphatic rings. The monoisotopic (exact) mass is 370 g/mol. The van der Waals surface area contributed by atoms with Gasteiger partial charge in [0.05, 0.1) is 6.10 Å². The van der Waals surface area contributed by atoms with Gasteiger partial charge in [0.25, 0.3) is 0 Å². The SMILES string of the molecule is C[C@H](O)c1cc(Cl)ccc1OCCOc1ccc(Br)cc1. The highest BCUT2D eigenvalue weighted by Gasteiger charge is 2.10. The van der Waals surface area contributed by atoms with Gasteiger partial charge in [-0.05, 0) is 49.4 Å². The molecule has 1 atom stereocenters. The summed E-state index contributed by atoms with van der Waals surface area (Å²) in [6.07, 6.45) is -0.633. The van der Waals surface area contributed by atoms with Crippen LogP contribution in [0.2, 0.25) is 5.02 Å². The van der Waals surface area contributed by atoms with Crippen LogP contribution in [0.3, 0.4) is 0 Å². The van der Waals surface area contributed by atoms with E-state index in [0.29, 0.717) is 29.5 Å². The van der Waals surface area contributed by atoms with E-state index in [1.807, 2.05) is 24.3 Å². The topological polar surface area (TPSA) is 38.7 Å². The van der Waals surface area contributed by atoms with E-state index in [1.165, 1.54) is 0 Å². The van der Waals surface area contributed by atoms with E-state index in [9.17, 15) is 5.11 Å². The summed E-state index contributed by atoms with van der Waals surface area (Å²) >= 11 is 9.29. The fourth-order valence-corrected chi connectivity index (χ4v) is 2.26. The highest BCUT2D eigenvalue weighted by atomic mass is 79.9. The lowest BCUT2D eigenvalue weighted by molar-refractivity contribution is 0.182.